The molecule has 1 N–H and O–H groups in total. The zero-order chi connectivity index (χ0) is 12.7. The van der Waals surface area contributed by atoms with Crippen LogP contribution in [0.2, 0.25) is 0 Å². The molecule has 0 bridgehead atoms. The summed E-state index contributed by atoms with van der Waals surface area (Å²) in [5.74, 6) is 0.419. The molecule has 0 spiro atoms. The average molecular weight is 259 g/mol. The van der Waals surface area contributed by atoms with Crippen LogP contribution in [0.5, 0.6) is 0 Å². The quantitative estimate of drug-likeness (QED) is 0.759. The molecule has 2 nitrogen and oxygen atoms in total. The Kier molecular flexibility index (Phi) is 5.86. The second kappa shape index (κ2) is 6.92. The van der Waals surface area contributed by atoms with Gasteiger partial charge in [0.2, 0.25) is 0 Å². The number of hydrogen-bond donors (Lipinski definition) is 1. The van der Waals surface area contributed by atoms with Crippen LogP contribution in [0, 0.1) is 11.2 Å². The standard InChI is InChI=1S/C13H20ClFN2/c1-13(2,4-3-5-14)10-17-8-11-6-12(15)9-16-7-11/h6-7,9,17H,3-5,8,10H2,1-2H3. The van der Waals surface area contributed by atoms with E-state index in [2.05, 4.69) is 24.1 Å². The minimum absolute atomic E-state index is 0.218. The first-order valence-electron chi connectivity index (χ1n) is 5.90. The van der Waals surface area contributed by atoms with Crippen LogP contribution in [0.3, 0.4) is 0 Å². The molecule has 0 aliphatic rings. The molecule has 0 aliphatic carbocycles. The molecule has 0 fully saturated rings. The highest BCUT2D eigenvalue weighted by Crippen LogP contribution is 2.21. The number of nitrogens with one attached hydrogen (secondary N) is 1. The molecule has 17 heavy (non-hydrogen) atoms. The van der Waals surface area contributed by atoms with Gasteiger partial charge in [-0.2, -0.15) is 0 Å². The maximum Gasteiger partial charge on any atom is 0.141 e. The van der Waals surface area contributed by atoms with Gasteiger partial charge < -0.3 is 5.32 Å². The van der Waals surface area contributed by atoms with Crippen LogP contribution in [-0.4, -0.2) is 17.4 Å². The molecular formula is C13H20ClFN2. The molecule has 1 aromatic heterocycles. The van der Waals surface area contributed by atoms with Crippen LogP contribution in [-0.2, 0) is 6.54 Å². The predicted octanol–water partition coefficient (Wildman–Crippen LogP) is 3.36. The van der Waals surface area contributed by atoms with Gasteiger partial charge in [0.05, 0.1) is 6.20 Å². The molecule has 1 rings (SSSR count). The van der Waals surface area contributed by atoms with Crippen molar-refractivity contribution in [3.63, 3.8) is 0 Å². The van der Waals surface area contributed by atoms with Gasteiger partial charge in [-0.1, -0.05) is 13.8 Å². The van der Waals surface area contributed by atoms with E-state index in [-0.39, 0.29) is 11.2 Å². The van der Waals surface area contributed by atoms with Crippen molar-refractivity contribution in [3.8, 4) is 0 Å². The van der Waals surface area contributed by atoms with E-state index in [1.54, 1.807) is 6.20 Å². The van der Waals surface area contributed by atoms with Crippen molar-refractivity contribution in [2.75, 3.05) is 12.4 Å². The molecule has 0 saturated heterocycles. The average Bonchev–Trinajstić information content (AvgIpc) is 2.26. The summed E-state index contributed by atoms with van der Waals surface area (Å²) >= 11 is 5.68. The van der Waals surface area contributed by atoms with E-state index >= 15 is 0 Å². The third-order valence-electron chi connectivity index (χ3n) is 2.68. The van der Waals surface area contributed by atoms with Gasteiger partial charge >= 0.3 is 0 Å². The topological polar surface area (TPSA) is 24.9 Å². The Morgan fingerprint density at radius 3 is 2.82 bits per heavy atom. The minimum atomic E-state index is -0.286. The Hall–Kier alpha value is -0.670. The maximum absolute atomic E-state index is 12.9. The van der Waals surface area contributed by atoms with Crippen molar-refractivity contribution in [2.24, 2.45) is 5.41 Å². The second-order valence-electron chi connectivity index (χ2n) is 5.07. The van der Waals surface area contributed by atoms with Crippen molar-refractivity contribution < 1.29 is 4.39 Å². The lowest BCUT2D eigenvalue weighted by molar-refractivity contribution is 0.311. The van der Waals surface area contributed by atoms with Gasteiger partial charge in [-0.15, -0.1) is 11.6 Å². The summed E-state index contributed by atoms with van der Waals surface area (Å²) in [5, 5.41) is 3.33. The molecule has 0 aliphatic heterocycles. The molecule has 1 aromatic rings. The van der Waals surface area contributed by atoms with Crippen molar-refractivity contribution >= 4 is 11.6 Å². The van der Waals surface area contributed by atoms with Crippen LogP contribution < -0.4 is 5.32 Å². The van der Waals surface area contributed by atoms with E-state index in [1.807, 2.05) is 0 Å². The summed E-state index contributed by atoms with van der Waals surface area (Å²) < 4.78 is 12.9. The molecular weight excluding hydrogens is 239 g/mol. The fourth-order valence-electron chi connectivity index (χ4n) is 1.73. The molecule has 0 amide bonds. The highest BCUT2D eigenvalue weighted by Gasteiger charge is 2.16. The highest BCUT2D eigenvalue weighted by molar-refractivity contribution is 6.17. The minimum Gasteiger partial charge on any atom is -0.312 e. The molecule has 1 heterocycles. The van der Waals surface area contributed by atoms with Gasteiger partial charge in [0.15, 0.2) is 0 Å². The summed E-state index contributed by atoms with van der Waals surface area (Å²) in [6, 6.07) is 1.51. The molecule has 0 saturated carbocycles. The molecule has 0 atom stereocenters. The fourth-order valence-corrected chi connectivity index (χ4v) is 1.87. The van der Waals surface area contributed by atoms with Gasteiger partial charge in [0.25, 0.3) is 0 Å². The first-order chi connectivity index (χ1) is 8.03. The summed E-state index contributed by atoms with van der Waals surface area (Å²) in [7, 11) is 0. The van der Waals surface area contributed by atoms with Gasteiger partial charge in [-0.25, -0.2) is 4.39 Å². The third kappa shape index (κ3) is 5.99. The lowest BCUT2D eigenvalue weighted by atomic mass is 9.88. The predicted molar refractivity (Wildman–Crippen MR) is 69.6 cm³/mol. The SMILES string of the molecule is CC(C)(CCCCl)CNCc1cncc(F)c1. The Labute approximate surface area is 108 Å². The summed E-state index contributed by atoms with van der Waals surface area (Å²) in [6.45, 7) is 5.95. The largest absolute Gasteiger partial charge is 0.312 e. The van der Waals surface area contributed by atoms with Crippen LogP contribution in [0.25, 0.3) is 0 Å². The van der Waals surface area contributed by atoms with Crippen molar-refractivity contribution in [1.82, 2.24) is 10.3 Å². The number of aromatic nitrogens is 1. The van der Waals surface area contributed by atoms with E-state index in [1.165, 1.54) is 12.3 Å². The van der Waals surface area contributed by atoms with Gasteiger partial charge in [-0.3, -0.25) is 4.98 Å². The Morgan fingerprint density at radius 1 is 1.41 bits per heavy atom. The monoisotopic (exact) mass is 258 g/mol. The molecule has 96 valence electrons. The summed E-state index contributed by atoms with van der Waals surface area (Å²) in [6.07, 6.45) is 5.01. The number of nitrogens with zero attached hydrogens (tertiary/aromatic N) is 1. The summed E-state index contributed by atoms with van der Waals surface area (Å²) in [4.78, 5) is 3.82. The fraction of sp³-hybridized carbons (Fsp3) is 0.615. The normalized spacial score (nSPS) is 11.8. The lowest BCUT2D eigenvalue weighted by Crippen LogP contribution is -2.29. The van der Waals surface area contributed by atoms with E-state index in [0.717, 1.165) is 24.9 Å². The number of halogens is 2. The van der Waals surface area contributed by atoms with Gasteiger partial charge in [-0.05, 0) is 29.9 Å². The van der Waals surface area contributed by atoms with Gasteiger partial charge in [0, 0.05) is 25.2 Å². The van der Waals surface area contributed by atoms with Crippen LogP contribution in [0.15, 0.2) is 18.5 Å². The van der Waals surface area contributed by atoms with Crippen LogP contribution in [0.1, 0.15) is 32.3 Å². The van der Waals surface area contributed by atoms with Crippen molar-refractivity contribution in [2.45, 2.75) is 33.2 Å². The van der Waals surface area contributed by atoms with E-state index in [0.29, 0.717) is 12.4 Å². The van der Waals surface area contributed by atoms with Crippen LogP contribution >= 0.6 is 11.6 Å². The molecule has 0 radical (unpaired) electrons. The van der Waals surface area contributed by atoms with Crippen molar-refractivity contribution in [3.05, 3.63) is 29.8 Å². The van der Waals surface area contributed by atoms with E-state index in [9.17, 15) is 4.39 Å². The smallest absolute Gasteiger partial charge is 0.141 e. The first kappa shape index (κ1) is 14.4. The molecule has 0 unspecified atom stereocenters. The number of rotatable bonds is 7. The van der Waals surface area contributed by atoms with E-state index in [4.69, 9.17) is 11.6 Å². The Balaban J connectivity index is 2.32. The third-order valence-corrected chi connectivity index (χ3v) is 2.95. The number of pyridine rings is 1. The van der Waals surface area contributed by atoms with E-state index < -0.39 is 0 Å². The van der Waals surface area contributed by atoms with Gasteiger partial charge in [0.1, 0.15) is 5.82 Å². The summed E-state index contributed by atoms with van der Waals surface area (Å²) in [5.41, 5.74) is 1.09. The Morgan fingerprint density at radius 2 is 2.18 bits per heavy atom. The lowest BCUT2D eigenvalue weighted by Gasteiger charge is -2.24. The Bertz CT molecular complexity index is 342. The first-order valence-corrected chi connectivity index (χ1v) is 6.43. The molecule has 0 aromatic carbocycles. The number of alkyl halides is 1. The zero-order valence-electron chi connectivity index (χ0n) is 10.5. The maximum atomic E-state index is 12.9. The zero-order valence-corrected chi connectivity index (χ0v) is 11.2. The highest BCUT2D eigenvalue weighted by atomic mass is 35.5. The number of hydrogen-bond acceptors (Lipinski definition) is 2. The molecule has 4 heteroatoms. The van der Waals surface area contributed by atoms with Crippen molar-refractivity contribution in [1.29, 1.82) is 0 Å². The van der Waals surface area contributed by atoms with Crippen LogP contribution in [0.4, 0.5) is 4.39 Å². The second-order valence-corrected chi connectivity index (χ2v) is 5.45.